The van der Waals surface area contributed by atoms with Crippen LogP contribution < -0.4 is 34.9 Å². The van der Waals surface area contributed by atoms with E-state index in [0.717, 1.165) is 0 Å². The van der Waals surface area contributed by atoms with Gasteiger partial charge >= 0.3 is 29.6 Å². The van der Waals surface area contributed by atoms with Gasteiger partial charge in [0.15, 0.2) is 0 Å². The van der Waals surface area contributed by atoms with E-state index >= 15 is 0 Å². The molecule has 1 aliphatic rings. The summed E-state index contributed by atoms with van der Waals surface area (Å²) in [5.74, 6) is -0.296. The van der Waals surface area contributed by atoms with Crippen molar-refractivity contribution in [3.63, 3.8) is 0 Å². The van der Waals surface area contributed by atoms with E-state index < -0.39 is 0 Å². The number of hydrogen-bond acceptors (Lipinski definition) is 2. The molecule has 38 valence electrons. The molecule has 1 N–H and O–H groups in total. The number of amides is 2. The van der Waals surface area contributed by atoms with Crippen molar-refractivity contribution < 1.29 is 39.1 Å². The van der Waals surface area contributed by atoms with E-state index in [1.165, 1.54) is 0 Å². The van der Waals surface area contributed by atoms with Gasteiger partial charge in [0.05, 0.1) is 0 Å². The Kier molecular flexibility index (Phi) is 3.28. The number of imide groups is 1. The molecule has 0 bridgehead atoms. The SMILES string of the molecule is O=C1CCC(=O)N1.[Na+]. The summed E-state index contributed by atoms with van der Waals surface area (Å²) in [4.78, 5) is 20.2. The van der Waals surface area contributed by atoms with Crippen molar-refractivity contribution in [2.75, 3.05) is 0 Å². The molecule has 8 heavy (non-hydrogen) atoms. The second-order valence-electron chi connectivity index (χ2n) is 1.47. The molecule has 2 amide bonds. The van der Waals surface area contributed by atoms with Crippen LogP contribution in [0.4, 0.5) is 0 Å². The van der Waals surface area contributed by atoms with Gasteiger partial charge in [-0.3, -0.25) is 14.9 Å². The van der Waals surface area contributed by atoms with Crippen LogP contribution in [0.5, 0.6) is 0 Å². The van der Waals surface area contributed by atoms with E-state index in [-0.39, 0.29) is 41.4 Å². The molecule has 1 saturated heterocycles. The molecule has 0 radical (unpaired) electrons. The maximum atomic E-state index is 10.1. The number of hydrogen-bond donors (Lipinski definition) is 1. The number of carbonyl (C=O) groups excluding carboxylic acids is 2. The second kappa shape index (κ2) is 3.22. The molecule has 0 atom stereocenters. The molecule has 0 aliphatic carbocycles. The average molecular weight is 122 g/mol. The van der Waals surface area contributed by atoms with Gasteiger partial charge in [0.1, 0.15) is 0 Å². The second-order valence-corrected chi connectivity index (χ2v) is 1.47. The zero-order chi connectivity index (χ0) is 5.28. The van der Waals surface area contributed by atoms with Crippen molar-refractivity contribution in [1.29, 1.82) is 0 Å². The van der Waals surface area contributed by atoms with Crippen LogP contribution >= 0.6 is 0 Å². The first-order valence-corrected chi connectivity index (χ1v) is 2.12. The molecule has 1 rings (SSSR count). The predicted octanol–water partition coefficient (Wildman–Crippen LogP) is -3.57. The van der Waals surface area contributed by atoms with Crippen molar-refractivity contribution in [1.82, 2.24) is 5.32 Å². The zero-order valence-corrected chi connectivity index (χ0v) is 6.73. The summed E-state index contributed by atoms with van der Waals surface area (Å²) in [5, 5.41) is 2.14. The van der Waals surface area contributed by atoms with Gasteiger partial charge < -0.3 is 0 Å². The monoisotopic (exact) mass is 122 g/mol. The van der Waals surface area contributed by atoms with Crippen LogP contribution in [0.2, 0.25) is 0 Å². The average Bonchev–Trinajstić information content (AvgIpc) is 1.87. The number of nitrogens with one attached hydrogen (secondary N) is 1. The topological polar surface area (TPSA) is 46.2 Å². The third kappa shape index (κ3) is 1.94. The Morgan fingerprint density at radius 2 is 1.50 bits per heavy atom. The van der Waals surface area contributed by atoms with Crippen molar-refractivity contribution in [2.45, 2.75) is 12.8 Å². The molecule has 0 unspecified atom stereocenters. The van der Waals surface area contributed by atoms with Crippen LogP contribution in [0.15, 0.2) is 0 Å². The van der Waals surface area contributed by atoms with Gasteiger partial charge in [0, 0.05) is 12.8 Å². The summed E-state index contributed by atoms with van der Waals surface area (Å²) in [5.41, 5.74) is 0. The van der Waals surface area contributed by atoms with Crippen LogP contribution in [0.3, 0.4) is 0 Å². The van der Waals surface area contributed by atoms with E-state index in [1.807, 2.05) is 0 Å². The molecular formula is C4H5NNaO2+. The van der Waals surface area contributed by atoms with Gasteiger partial charge in [-0.2, -0.15) is 0 Å². The quantitative estimate of drug-likeness (QED) is 0.267. The van der Waals surface area contributed by atoms with Crippen molar-refractivity contribution in [2.24, 2.45) is 0 Å². The smallest absolute Gasteiger partial charge is 0.296 e. The van der Waals surface area contributed by atoms with Crippen molar-refractivity contribution in [3.05, 3.63) is 0 Å². The van der Waals surface area contributed by atoms with E-state index in [4.69, 9.17) is 0 Å². The van der Waals surface area contributed by atoms with Crippen LogP contribution in [-0.4, -0.2) is 11.8 Å². The van der Waals surface area contributed by atoms with Crippen LogP contribution in [0.1, 0.15) is 12.8 Å². The molecular weight excluding hydrogens is 117 g/mol. The minimum absolute atomic E-state index is 0. The Hall–Kier alpha value is 0.140. The fraction of sp³-hybridized carbons (Fsp3) is 0.500. The van der Waals surface area contributed by atoms with Crippen molar-refractivity contribution >= 4 is 11.8 Å². The van der Waals surface area contributed by atoms with E-state index in [9.17, 15) is 9.59 Å². The van der Waals surface area contributed by atoms with E-state index in [0.29, 0.717) is 12.8 Å². The Labute approximate surface area is 69.1 Å². The van der Waals surface area contributed by atoms with Crippen LogP contribution in [0.25, 0.3) is 0 Å². The van der Waals surface area contributed by atoms with Gasteiger partial charge in [-0.25, -0.2) is 0 Å². The molecule has 0 aromatic carbocycles. The van der Waals surface area contributed by atoms with Crippen LogP contribution in [-0.2, 0) is 9.59 Å². The Morgan fingerprint density at radius 1 is 1.12 bits per heavy atom. The fourth-order valence-corrected chi connectivity index (χ4v) is 0.508. The maximum absolute atomic E-state index is 10.1. The third-order valence-electron chi connectivity index (χ3n) is 0.858. The number of rotatable bonds is 0. The first-order chi connectivity index (χ1) is 3.29. The minimum Gasteiger partial charge on any atom is -0.296 e. The standard InChI is InChI=1S/C4H5NO2.Na/c6-3-1-2-4(7)5-3;/h1-2H2,(H,5,6,7);/q;+1. The van der Waals surface area contributed by atoms with Gasteiger partial charge in [0.25, 0.3) is 0 Å². The van der Waals surface area contributed by atoms with Gasteiger partial charge in [0.2, 0.25) is 11.8 Å². The third-order valence-corrected chi connectivity index (χ3v) is 0.858. The largest absolute Gasteiger partial charge is 1.00 e. The molecule has 0 aromatic rings. The Morgan fingerprint density at radius 3 is 1.62 bits per heavy atom. The molecule has 4 heteroatoms. The molecule has 1 aliphatic heterocycles. The Bertz CT molecular complexity index is 109. The summed E-state index contributed by atoms with van der Waals surface area (Å²) in [6.07, 6.45) is 0.748. The maximum Gasteiger partial charge on any atom is 1.00 e. The Balaban J connectivity index is 0.000000490. The van der Waals surface area contributed by atoms with E-state index in [1.54, 1.807) is 0 Å². The zero-order valence-electron chi connectivity index (χ0n) is 4.73. The number of carbonyl (C=O) groups is 2. The van der Waals surface area contributed by atoms with Crippen LogP contribution in [0, 0.1) is 0 Å². The summed E-state index contributed by atoms with van der Waals surface area (Å²) in [6.45, 7) is 0. The summed E-state index contributed by atoms with van der Waals surface area (Å²) >= 11 is 0. The van der Waals surface area contributed by atoms with Gasteiger partial charge in [-0.1, -0.05) is 0 Å². The fourth-order valence-electron chi connectivity index (χ4n) is 0.508. The van der Waals surface area contributed by atoms with Crippen molar-refractivity contribution in [3.8, 4) is 0 Å². The predicted molar refractivity (Wildman–Crippen MR) is 22.4 cm³/mol. The summed E-state index contributed by atoms with van der Waals surface area (Å²) in [7, 11) is 0. The minimum atomic E-state index is -0.148. The molecule has 0 aromatic heterocycles. The summed E-state index contributed by atoms with van der Waals surface area (Å²) < 4.78 is 0. The molecule has 3 nitrogen and oxygen atoms in total. The van der Waals surface area contributed by atoms with Gasteiger partial charge in [-0.15, -0.1) is 0 Å². The molecule has 0 spiro atoms. The summed E-state index contributed by atoms with van der Waals surface area (Å²) in [6, 6.07) is 0. The first-order valence-electron chi connectivity index (χ1n) is 2.12. The van der Waals surface area contributed by atoms with E-state index in [2.05, 4.69) is 5.32 Å². The first kappa shape index (κ1) is 8.14. The van der Waals surface area contributed by atoms with Gasteiger partial charge in [-0.05, 0) is 0 Å². The molecule has 1 heterocycles. The molecule has 0 saturated carbocycles. The molecule has 1 fully saturated rings. The normalized spacial score (nSPS) is 17.5.